The van der Waals surface area contributed by atoms with Gasteiger partial charge in [-0.1, -0.05) is 12.1 Å². The molecule has 0 saturated carbocycles. The Morgan fingerprint density at radius 3 is 2.92 bits per heavy atom. The van der Waals surface area contributed by atoms with Crippen LogP contribution in [0.2, 0.25) is 0 Å². The predicted molar refractivity (Wildman–Crippen MR) is 46.8 cm³/mol. The lowest BCUT2D eigenvalue weighted by Crippen LogP contribution is -2.31. The maximum Gasteiger partial charge on any atom is 0.241 e. The summed E-state index contributed by atoms with van der Waals surface area (Å²) in [4.78, 5) is 0. The van der Waals surface area contributed by atoms with Crippen LogP contribution in [0.3, 0.4) is 0 Å². The molecule has 2 rings (SSSR count). The lowest BCUT2D eigenvalue weighted by Gasteiger charge is -1.89. The Hall–Kier alpha value is -1.84. The summed E-state index contributed by atoms with van der Waals surface area (Å²) in [5, 5.41) is 3.68. The average molecular weight is 175 g/mol. The first-order chi connectivity index (χ1) is 6.25. The molecule has 1 heterocycles. The predicted octanol–water partition coefficient (Wildman–Crippen LogP) is 1.94. The van der Waals surface area contributed by atoms with Crippen molar-refractivity contribution in [1.29, 1.82) is 0 Å². The highest BCUT2D eigenvalue weighted by atomic mass is 16.5. The van der Waals surface area contributed by atoms with Gasteiger partial charge in [0.25, 0.3) is 0 Å². The molecule has 0 bridgehead atoms. The Bertz CT molecular complexity index is 422. The summed E-state index contributed by atoms with van der Waals surface area (Å²) >= 11 is 0. The van der Waals surface area contributed by atoms with Gasteiger partial charge >= 0.3 is 0 Å². The third-order valence-corrected chi connectivity index (χ3v) is 1.73. The lowest BCUT2D eigenvalue weighted by atomic mass is 10.2. The van der Waals surface area contributed by atoms with Crippen LogP contribution >= 0.6 is 0 Å². The van der Waals surface area contributed by atoms with E-state index in [0.29, 0.717) is 0 Å². The summed E-state index contributed by atoms with van der Waals surface area (Å²) in [6, 6.07) is 7.83. The fourth-order valence-corrected chi connectivity index (χ4v) is 1.14. The number of nitrogens with one attached hydrogen (secondary N) is 1. The molecular weight excluding hydrogens is 166 g/mol. The number of rotatable bonds is 1. The molecule has 0 spiro atoms. The van der Waals surface area contributed by atoms with Crippen LogP contribution in [0.5, 0.6) is 0 Å². The highest BCUT2D eigenvalue weighted by molar-refractivity contribution is 5.28. The minimum Gasteiger partial charge on any atom is -0.660 e. The Morgan fingerprint density at radius 2 is 2.31 bits per heavy atom. The van der Waals surface area contributed by atoms with E-state index in [-0.39, 0.29) is 5.88 Å². The summed E-state index contributed by atoms with van der Waals surface area (Å²) in [5.74, 6) is 0.0570. The molecule has 0 aliphatic carbocycles. The van der Waals surface area contributed by atoms with Crippen molar-refractivity contribution < 1.29 is 9.20 Å². The first kappa shape index (κ1) is 7.79. The SMILES string of the molecule is Cc1cccc(-[n+]2cc([NH-])on2)c1. The van der Waals surface area contributed by atoms with Crippen LogP contribution in [0.1, 0.15) is 5.56 Å². The molecule has 0 saturated heterocycles. The minimum absolute atomic E-state index is 0.0570. The van der Waals surface area contributed by atoms with Gasteiger partial charge in [-0.2, -0.15) is 0 Å². The van der Waals surface area contributed by atoms with Crippen molar-refractivity contribution in [2.24, 2.45) is 0 Å². The monoisotopic (exact) mass is 175 g/mol. The Morgan fingerprint density at radius 1 is 1.46 bits per heavy atom. The molecule has 0 atom stereocenters. The number of benzene rings is 1. The molecule has 13 heavy (non-hydrogen) atoms. The second-order valence-electron chi connectivity index (χ2n) is 2.85. The molecule has 1 N–H and O–H groups in total. The Balaban J connectivity index is 2.46. The summed E-state index contributed by atoms with van der Waals surface area (Å²) in [6.07, 6.45) is 1.52. The molecule has 0 amide bonds. The largest absolute Gasteiger partial charge is 0.660 e. The van der Waals surface area contributed by atoms with Gasteiger partial charge in [0.05, 0.1) is 0 Å². The molecule has 0 aliphatic heterocycles. The second kappa shape index (κ2) is 2.90. The van der Waals surface area contributed by atoms with Crippen LogP contribution in [-0.2, 0) is 0 Å². The number of aromatic nitrogens is 2. The number of hydrogen-bond donors (Lipinski definition) is 0. The summed E-state index contributed by atoms with van der Waals surface area (Å²) in [6.45, 7) is 2.01. The van der Waals surface area contributed by atoms with Gasteiger partial charge in [0.15, 0.2) is 0 Å². The highest BCUT2D eigenvalue weighted by Crippen LogP contribution is 2.06. The van der Waals surface area contributed by atoms with Gasteiger partial charge in [0.2, 0.25) is 17.2 Å². The number of aryl methyl sites for hydroxylation is 1. The van der Waals surface area contributed by atoms with Crippen LogP contribution < -0.4 is 4.68 Å². The maximum atomic E-state index is 7.17. The number of hydrogen-bond acceptors (Lipinski definition) is 2. The number of nitrogens with zero attached hydrogens (tertiary/aromatic N) is 2. The van der Waals surface area contributed by atoms with Gasteiger partial charge in [-0.25, -0.2) is 0 Å². The average Bonchev–Trinajstić information content (AvgIpc) is 2.52. The topological polar surface area (TPSA) is 53.7 Å². The van der Waals surface area contributed by atoms with Crippen molar-refractivity contribution in [3.05, 3.63) is 41.8 Å². The minimum atomic E-state index is 0.0570. The molecule has 1 aromatic heterocycles. The molecule has 4 nitrogen and oxygen atoms in total. The van der Waals surface area contributed by atoms with E-state index in [1.807, 2.05) is 31.2 Å². The van der Waals surface area contributed by atoms with Gasteiger partial charge in [0, 0.05) is 12.1 Å². The van der Waals surface area contributed by atoms with Crippen molar-refractivity contribution in [1.82, 2.24) is 5.27 Å². The van der Waals surface area contributed by atoms with Crippen LogP contribution in [0.15, 0.2) is 35.0 Å². The van der Waals surface area contributed by atoms with Crippen molar-refractivity contribution >= 4 is 5.88 Å². The Kier molecular flexibility index (Phi) is 1.73. The summed E-state index contributed by atoms with van der Waals surface area (Å²) < 4.78 is 6.18. The third-order valence-electron chi connectivity index (χ3n) is 1.73. The second-order valence-corrected chi connectivity index (χ2v) is 2.85. The zero-order valence-corrected chi connectivity index (χ0v) is 7.19. The molecule has 66 valence electrons. The molecule has 0 aliphatic rings. The molecule has 0 fully saturated rings. The van der Waals surface area contributed by atoms with Crippen molar-refractivity contribution in [2.45, 2.75) is 6.92 Å². The van der Waals surface area contributed by atoms with Crippen LogP contribution in [-0.4, -0.2) is 5.27 Å². The normalized spacial score (nSPS) is 10.2. The van der Waals surface area contributed by atoms with Crippen LogP contribution in [0.25, 0.3) is 11.4 Å². The molecule has 2 aromatic rings. The van der Waals surface area contributed by atoms with E-state index in [1.54, 1.807) is 0 Å². The fourth-order valence-electron chi connectivity index (χ4n) is 1.14. The molecular formula is C9H9N3O. The van der Waals surface area contributed by atoms with E-state index in [9.17, 15) is 0 Å². The van der Waals surface area contributed by atoms with E-state index < -0.39 is 0 Å². The van der Waals surface area contributed by atoms with E-state index in [2.05, 4.69) is 9.79 Å². The molecule has 4 heteroatoms. The van der Waals surface area contributed by atoms with Crippen molar-refractivity contribution in [3.8, 4) is 5.69 Å². The van der Waals surface area contributed by atoms with Crippen LogP contribution in [0.4, 0.5) is 5.88 Å². The highest BCUT2D eigenvalue weighted by Gasteiger charge is 2.09. The maximum absolute atomic E-state index is 7.17. The van der Waals surface area contributed by atoms with Gasteiger partial charge < -0.3 is 10.3 Å². The summed E-state index contributed by atoms with van der Waals surface area (Å²) in [5.41, 5.74) is 9.23. The summed E-state index contributed by atoms with van der Waals surface area (Å²) in [7, 11) is 0. The third kappa shape index (κ3) is 1.51. The standard InChI is InChI=1S/C9H9N3O/c1-7-3-2-4-8(5-7)12-6-9(10)13-11-12/h2-6,10H,1H3. The molecule has 0 radical (unpaired) electrons. The van der Waals surface area contributed by atoms with Crippen molar-refractivity contribution in [3.63, 3.8) is 0 Å². The van der Waals surface area contributed by atoms with E-state index >= 15 is 0 Å². The van der Waals surface area contributed by atoms with Gasteiger partial charge in [-0.15, -0.1) is 0 Å². The van der Waals surface area contributed by atoms with E-state index in [4.69, 9.17) is 5.73 Å². The quantitative estimate of drug-likeness (QED) is 0.622. The van der Waals surface area contributed by atoms with E-state index in [1.165, 1.54) is 10.9 Å². The fraction of sp³-hybridized carbons (Fsp3) is 0.111. The zero-order chi connectivity index (χ0) is 9.26. The molecule has 0 unspecified atom stereocenters. The first-order valence-electron chi connectivity index (χ1n) is 3.93. The smallest absolute Gasteiger partial charge is 0.241 e. The van der Waals surface area contributed by atoms with Gasteiger partial charge in [-0.05, 0) is 17.2 Å². The van der Waals surface area contributed by atoms with Gasteiger partial charge in [-0.3, -0.25) is 0 Å². The molecule has 1 aromatic carbocycles. The zero-order valence-electron chi connectivity index (χ0n) is 7.19. The Labute approximate surface area is 75.6 Å². The van der Waals surface area contributed by atoms with Crippen molar-refractivity contribution in [2.75, 3.05) is 0 Å². The lowest BCUT2D eigenvalue weighted by molar-refractivity contribution is -0.670. The first-order valence-corrected chi connectivity index (χ1v) is 3.93. The van der Waals surface area contributed by atoms with Gasteiger partial charge in [0.1, 0.15) is 5.88 Å². The van der Waals surface area contributed by atoms with Crippen LogP contribution in [0, 0.1) is 6.92 Å². The van der Waals surface area contributed by atoms with E-state index in [0.717, 1.165) is 11.3 Å².